The van der Waals surface area contributed by atoms with E-state index in [2.05, 4.69) is 19.2 Å². The Bertz CT molecular complexity index is 155. The monoisotopic (exact) mass is 201 g/mol. The van der Waals surface area contributed by atoms with Gasteiger partial charge in [-0.15, -0.1) is 0 Å². The molecule has 3 nitrogen and oxygen atoms in total. The van der Waals surface area contributed by atoms with Crippen molar-refractivity contribution in [1.82, 2.24) is 5.32 Å². The molecule has 0 aliphatic carbocycles. The van der Waals surface area contributed by atoms with Crippen LogP contribution in [0.25, 0.3) is 0 Å². The minimum Gasteiger partial charge on any atom is -0.383 e. The average molecular weight is 201 g/mol. The van der Waals surface area contributed by atoms with E-state index < -0.39 is 0 Å². The molecule has 3 heteroatoms. The maximum atomic E-state index is 5.81. The summed E-state index contributed by atoms with van der Waals surface area (Å²) in [6.45, 7) is 7.02. The highest BCUT2D eigenvalue weighted by Gasteiger charge is 2.37. The second kappa shape index (κ2) is 5.69. The van der Waals surface area contributed by atoms with Crippen molar-refractivity contribution in [2.24, 2.45) is 0 Å². The van der Waals surface area contributed by atoms with Gasteiger partial charge in [-0.1, -0.05) is 6.92 Å². The van der Waals surface area contributed by atoms with Crippen molar-refractivity contribution in [3.63, 3.8) is 0 Å². The van der Waals surface area contributed by atoms with E-state index >= 15 is 0 Å². The van der Waals surface area contributed by atoms with Crippen LogP contribution in [0.5, 0.6) is 0 Å². The van der Waals surface area contributed by atoms with Crippen LogP contribution in [0.2, 0.25) is 0 Å². The zero-order valence-electron chi connectivity index (χ0n) is 9.64. The molecule has 1 fully saturated rings. The Morgan fingerprint density at radius 1 is 1.57 bits per heavy atom. The van der Waals surface area contributed by atoms with Crippen molar-refractivity contribution in [1.29, 1.82) is 0 Å². The van der Waals surface area contributed by atoms with E-state index in [1.807, 2.05) is 0 Å². The van der Waals surface area contributed by atoms with Crippen molar-refractivity contribution in [3.05, 3.63) is 0 Å². The van der Waals surface area contributed by atoms with Gasteiger partial charge in [0.15, 0.2) is 0 Å². The predicted octanol–water partition coefficient (Wildman–Crippen LogP) is 1.57. The van der Waals surface area contributed by atoms with Gasteiger partial charge in [-0.3, -0.25) is 0 Å². The molecule has 2 unspecified atom stereocenters. The maximum Gasteiger partial charge on any atom is 0.0830 e. The standard InChI is InChI=1S/C11H23NO2/c1-4-7-12-10(9-13-3)11(2)6-5-8-14-11/h10,12H,4-9H2,1-3H3. The van der Waals surface area contributed by atoms with Gasteiger partial charge < -0.3 is 14.8 Å². The third-order valence-electron chi connectivity index (χ3n) is 2.96. The first-order chi connectivity index (χ1) is 6.73. The SMILES string of the molecule is CCCNC(COC)C1(C)CCCO1. The lowest BCUT2D eigenvalue weighted by atomic mass is 9.93. The van der Waals surface area contributed by atoms with Gasteiger partial charge in [0.1, 0.15) is 0 Å². The van der Waals surface area contributed by atoms with Crippen LogP contribution in [0, 0.1) is 0 Å². The Balaban J connectivity index is 2.46. The van der Waals surface area contributed by atoms with Gasteiger partial charge in [0.2, 0.25) is 0 Å². The molecule has 0 saturated carbocycles. The molecule has 14 heavy (non-hydrogen) atoms. The second-order valence-electron chi connectivity index (χ2n) is 4.23. The number of nitrogens with one attached hydrogen (secondary N) is 1. The summed E-state index contributed by atoms with van der Waals surface area (Å²) in [7, 11) is 1.75. The van der Waals surface area contributed by atoms with Gasteiger partial charge in [-0.05, 0) is 32.7 Å². The molecular formula is C11H23NO2. The quantitative estimate of drug-likeness (QED) is 0.707. The number of ether oxygens (including phenoxy) is 2. The molecule has 0 aromatic heterocycles. The molecule has 0 aromatic rings. The molecule has 1 N–H and O–H groups in total. The molecule has 0 amide bonds. The van der Waals surface area contributed by atoms with Crippen molar-refractivity contribution in [2.75, 3.05) is 26.9 Å². The summed E-state index contributed by atoms with van der Waals surface area (Å²) < 4.78 is 11.0. The Hall–Kier alpha value is -0.120. The lowest BCUT2D eigenvalue weighted by Gasteiger charge is -2.33. The molecule has 1 aliphatic rings. The zero-order valence-corrected chi connectivity index (χ0v) is 9.64. The van der Waals surface area contributed by atoms with Gasteiger partial charge in [-0.25, -0.2) is 0 Å². The molecule has 1 aliphatic heterocycles. The molecule has 2 atom stereocenters. The summed E-state index contributed by atoms with van der Waals surface area (Å²) in [6, 6.07) is 0.329. The Labute approximate surface area is 87.2 Å². The van der Waals surface area contributed by atoms with Crippen molar-refractivity contribution < 1.29 is 9.47 Å². The minimum absolute atomic E-state index is 0.0226. The number of methoxy groups -OCH3 is 1. The fourth-order valence-corrected chi connectivity index (χ4v) is 2.01. The Kier molecular flexibility index (Phi) is 4.85. The van der Waals surface area contributed by atoms with Crippen LogP contribution in [0.3, 0.4) is 0 Å². The first-order valence-electron chi connectivity index (χ1n) is 5.59. The van der Waals surface area contributed by atoms with E-state index in [0.717, 1.165) is 32.6 Å². The molecule has 0 spiro atoms. The largest absolute Gasteiger partial charge is 0.383 e. The minimum atomic E-state index is -0.0226. The van der Waals surface area contributed by atoms with E-state index in [1.54, 1.807) is 7.11 Å². The lowest BCUT2D eigenvalue weighted by molar-refractivity contribution is -0.0327. The summed E-state index contributed by atoms with van der Waals surface area (Å²) in [5, 5.41) is 3.50. The summed E-state index contributed by atoms with van der Waals surface area (Å²) >= 11 is 0. The van der Waals surface area contributed by atoms with Crippen molar-refractivity contribution in [2.45, 2.75) is 44.8 Å². The van der Waals surface area contributed by atoms with Crippen molar-refractivity contribution in [3.8, 4) is 0 Å². The highest BCUT2D eigenvalue weighted by Crippen LogP contribution is 2.28. The van der Waals surface area contributed by atoms with Crippen LogP contribution < -0.4 is 5.32 Å². The highest BCUT2D eigenvalue weighted by atomic mass is 16.5. The molecule has 0 radical (unpaired) electrons. The van der Waals surface area contributed by atoms with E-state index in [4.69, 9.17) is 9.47 Å². The predicted molar refractivity (Wildman–Crippen MR) is 57.5 cm³/mol. The van der Waals surface area contributed by atoms with Gasteiger partial charge in [0.05, 0.1) is 18.2 Å². The maximum absolute atomic E-state index is 5.81. The van der Waals surface area contributed by atoms with E-state index in [9.17, 15) is 0 Å². The fraction of sp³-hybridized carbons (Fsp3) is 1.00. The normalized spacial score (nSPS) is 29.4. The third-order valence-corrected chi connectivity index (χ3v) is 2.96. The summed E-state index contributed by atoms with van der Waals surface area (Å²) in [5.41, 5.74) is -0.0226. The lowest BCUT2D eigenvalue weighted by Crippen LogP contribution is -2.51. The second-order valence-corrected chi connectivity index (χ2v) is 4.23. The van der Waals surface area contributed by atoms with Gasteiger partial charge >= 0.3 is 0 Å². The molecule has 0 bridgehead atoms. The van der Waals surface area contributed by atoms with Crippen LogP contribution in [0.1, 0.15) is 33.1 Å². The van der Waals surface area contributed by atoms with E-state index in [0.29, 0.717) is 6.04 Å². The molecule has 1 rings (SSSR count). The van der Waals surface area contributed by atoms with Gasteiger partial charge in [-0.2, -0.15) is 0 Å². The topological polar surface area (TPSA) is 30.5 Å². The van der Waals surface area contributed by atoms with Crippen LogP contribution in [-0.4, -0.2) is 38.5 Å². The molecule has 84 valence electrons. The first kappa shape index (κ1) is 12.0. The van der Waals surface area contributed by atoms with Crippen LogP contribution in [-0.2, 0) is 9.47 Å². The number of rotatable bonds is 6. The summed E-state index contributed by atoms with van der Waals surface area (Å²) in [4.78, 5) is 0. The first-order valence-corrected chi connectivity index (χ1v) is 5.59. The number of hydrogen-bond acceptors (Lipinski definition) is 3. The Morgan fingerprint density at radius 2 is 2.36 bits per heavy atom. The molecular weight excluding hydrogens is 178 g/mol. The van der Waals surface area contributed by atoms with Gasteiger partial charge in [0.25, 0.3) is 0 Å². The average Bonchev–Trinajstić information content (AvgIpc) is 2.60. The van der Waals surface area contributed by atoms with Crippen molar-refractivity contribution >= 4 is 0 Å². The highest BCUT2D eigenvalue weighted by molar-refractivity contribution is 4.92. The van der Waals surface area contributed by atoms with Crippen LogP contribution in [0.4, 0.5) is 0 Å². The summed E-state index contributed by atoms with van der Waals surface area (Å²) in [5.74, 6) is 0. The Morgan fingerprint density at radius 3 is 2.86 bits per heavy atom. The molecule has 0 aromatic carbocycles. The van der Waals surface area contributed by atoms with Crippen LogP contribution in [0.15, 0.2) is 0 Å². The van der Waals surface area contributed by atoms with Crippen LogP contribution >= 0.6 is 0 Å². The molecule has 1 saturated heterocycles. The zero-order chi connectivity index (χ0) is 10.4. The number of hydrogen-bond donors (Lipinski definition) is 1. The summed E-state index contributed by atoms with van der Waals surface area (Å²) in [6.07, 6.45) is 3.46. The van der Waals surface area contributed by atoms with Gasteiger partial charge in [0, 0.05) is 13.7 Å². The third kappa shape index (κ3) is 2.94. The molecule has 1 heterocycles. The van der Waals surface area contributed by atoms with E-state index in [-0.39, 0.29) is 5.60 Å². The van der Waals surface area contributed by atoms with E-state index in [1.165, 1.54) is 6.42 Å². The fourth-order valence-electron chi connectivity index (χ4n) is 2.01. The smallest absolute Gasteiger partial charge is 0.0830 e.